The van der Waals surface area contributed by atoms with Crippen molar-refractivity contribution in [2.24, 2.45) is 0 Å². The van der Waals surface area contributed by atoms with E-state index in [0.717, 1.165) is 0 Å². The Morgan fingerprint density at radius 3 is 2.50 bits per heavy atom. The fourth-order valence-electron chi connectivity index (χ4n) is 1.94. The van der Waals surface area contributed by atoms with Gasteiger partial charge in [0.15, 0.2) is 0 Å². The minimum absolute atomic E-state index is 0.0235. The molecule has 100 valence electrons. The van der Waals surface area contributed by atoms with E-state index in [1.54, 1.807) is 31.1 Å². The number of carbonyl (C=O) groups excluding carboxylic acids is 1. The summed E-state index contributed by atoms with van der Waals surface area (Å²) >= 11 is 0. The fraction of sp³-hybridized carbons (Fsp3) is 0.500. The molecule has 0 fully saturated rings. The molecule has 1 N–H and O–H groups in total. The van der Waals surface area contributed by atoms with Crippen LogP contribution in [0.5, 0.6) is 0 Å². The summed E-state index contributed by atoms with van der Waals surface area (Å²) in [7, 11) is 3.45. The van der Waals surface area contributed by atoms with E-state index in [-0.39, 0.29) is 23.8 Å². The smallest absolute Gasteiger partial charge is 0.238 e. The third-order valence-corrected chi connectivity index (χ3v) is 2.83. The average Bonchev–Trinajstić information content (AvgIpc) is 2.30. The molecule has 18 heavy (non-hydrogen) atoms. The number of amides is 1. The number of carbonyl (C=O) groups is 1. The standard InChI is InChI=1S/C14H21FN2O/c1-10(16-11(2)14(18)17(3)4)9-12-7-5-6-8-13(12)15/h5-8,10-11,16H,9H2,1-4H3. The lowest BCUT2D eigenvalue weighted by molar-refractivity contribution is -0.130. The van der Waals surface area contributed by atoms with Crippen LogP contribution in [-0.2, 0) is 11.2 Å². The van der Waals surface area contributed by atoms with Gasteiger partial charge in [0.05, 0.1) is 6.04 Å². The molecular formula is C14H21FN2O. The van der Waals surface area contributed by atoms with E-state index in [1.165, 1.54) is 6.07 Å². The topological polar surface area (TPSA) is 32.3 Å². The van der Waals surface area contributed by atoms with Gasteiger partial charge in [-0.05, 0) is 31.9 Å². The summed E-state index contributed by atoms with van der Waals surface area (Å²) in [5, 5.41) is 3.18. The molecule has 0 saturated carbocycles. The van der Waals surface area contributed by atoms with E-state index in [9.17, 15) is 9.18 Å². The van der Waals surface area contributed by atoms with Crippen LogP contribution in [-0.4, -0.2) is 37.0 Å². The average molecular weight is 252 g/mol. The van der Waals surface area contributed by atoms with Gasteiger partial charge in [-0.1, -0.05) is 18.2 Å². The Balaban J connectivity index is 2.54. The van der Waals surface area contributed by atoms with Crippen molar-refractivity contribution >= 4 is 5.91 Å². The molecule has 1 aromatic carbocycles. The molecule has 2 atom stereocenters. The predicted octanol–water partition coefficient (Wildman–Crippen LogP) is 1.82. The molecule has 0 radical (unpaired) electrons. The first-order valence-corrected chi connectivity index (χ1v) is 6.12. The van der Waals surface area contributed by atoms with Crippen molar-refractivity contribution in [3.8, 4) is 0 Å². The van der Waals surface area contributed by atoms with Crippen molar-refractivity contribution in [1.29, 1.82) is 0 Å². The normalized spacial score (nSPS) is 14.1. The molecule has 0 bridgehead atoms. The Morgan fingerprint density at radius 2 is 1.94 bits per heavy atom. The van der Waals surface area contributed by atoms with Crippen molar-refractivity contribution in [3.63, 3.8) is 0 Å². The number of hydrogen-bond donors (Lipinski definition) is 1. The number of benzene rings is 1. The van der Waals surface area contributed by atoms with Crippen LogP contribution < -0.4 is 5.32 Å². The van der Waals surface area contributed by atoms with Crippen molar-refractivity contribution < 1.29 is 9.18 Å². The molecule has 1 rings (SSSR count). The summed E-state index contributed by atoms with van der Waals surface area (Å²) in [6.45, 7) is 3.77. The van der Waals surface area contributed by atoms with E-state index >= 15 is 0 Å². The lowest BCUT2D eigenvalue weighted by Gasteiger charge is -2.22. The second-order valence-corrected chi connectivity index (χ2v) is 4.82. The van der Waals surface area contributed by atoms with E-state index < -0.39 is 0 Å². The Kier molecular flexibility index (Phi) is 5.28. The lowest BCUT2D eigenvalue weighted by atomic mass is 10.1. The van der Waals surface area contributed by atoms with E-state index in [4.69, 9.17) is 0 Å². The number of hydrogen-bond acceptors (Lipinski definition) is 2. The van der Waals surface area contributed by atoms with Gasteiger partial charge in [-0.15, -0.1) is 0 Å². The lowest BCUT2D eigenvalue weighted by Crippen LogP contribution is -2.45. The first-order chi connectivity index (χ1) is 8.41. The number of nitrogens with one attached hydrogen (secondary N) is 1. The van der Waals surface area contributed by atoms with Crippen LogP contribution in [0.1, 0.15) is 19.4 Å². The van der Waals surface area contributed by atoms with Crippen LogP contribution in [0.3, 0.4) is 0 Å². The molecule has 0 aliphatic heterocycles. The molecular weight excluding hydrogens is 231 g/mol. The zero-order chi connectivity index (χ0) is 13.7. The van der Waals surface area contributed by atoms with Crippen molar-refractivity contribution in [3.05, 3.63) is 35.6 Å². The number of rotatable bonds is 5. The minimum Gasteiger partial charge on any atom is -0.347 e. The van der Waals surface area contributed by atoms with Gasteiger partial charge < -0.3 is 10.2 Å². The molecule has 3 nitrogen and oxygen atoms in total. The molecule has 4 heteroatoms. The van der Waals surface area contributed by atoms with Gasteiger partial charge in [0.2, 0.25) is 5.91 Å². The zero-order valence-electron chi connectivity index (χ0n) is 11.4. The Labute approximate surface area is 108 Å². The third-order valence-electron chi connectivity index (χ3n) is 2.83. The Morgan fingerprint density at radius 1 is 1.33 bits per heavy atom. The van der Waals surface area contributed by atoms with Crippen LogP contribution in [0.4, 0.5) is 4.39 Å². The maximum atomic E-state index is 13.5. The summed E-state index contributed by atoms with van der Waals surface area (Å²) in [6.07, 6.45) is 0.567. The molecule has 0 spiro atoms. The zero-order valence-corrected chi connectivity index (χ0v) is 11.4. The van der Waals surface area contributed by atoms with Crippen molar-refractivity contribution in [2.75, 3.05) is 14.1 Å². The Bertz CT molecular complexity index is 407. The van der Waals surface area contributed by atoms with Crippen LogP contribution in [0.15, 0.2) is 24.3 Å². The van der Waals surface area contributed by atoms with Gasteiger partial charge in [0.1, 0.15) is 5.82 Å². The number of nitrogens with zero attached hydrogens (tertiary/aromatic N) is 1. The van der Waals surface area contributed by atoms with Crippen molar-refractivity contribution in [2.45, 2.75) is 32.4 Å². The molecule has 0 aliphatic rings. The van der Waals surface area contributed by atoms with Crippen molar-refractivity contribution in [1.82, 2.24) is 10.2 Å². The van der Waals surface area contributed by atoms with Gasteiger partial charge in [-0.3, -0.25) is 4.79 Å². The van der Waals surface area contributed by atoms with Crippen LogP contribution in [0, 0.1) is 5.82 Å². The number of likely N-dealkylation sites (N-methyl/N-ethyl adjacent to an activating group) is 1. The monoisotopic (exact) mass is 252 g/mol. The van der Waals surface area contributed by atoms with Crippen LogP contribution >= 0.6 is 0 Å². The van der Waals surface area contributed by atoms with Gasteiger partial charge in [-0.25, -0.2) is 4.39 Å². The molecule has 0 aromatic heterocycles. The molecule has 0 saturated heterocycles. The fourth-order valence-corrected chi connectivity index (χ4v) is 1.94. The maximum Gasteiger partial charge on any atom is 0.238 e. The largest absolute Gasteiger partial charge is 0.347 e. The van der Waals surface area contributed by atoms with E-state index in [2.05, 4.69) is 5.32 Å². The summed E-state index contributed by atoms with van der Waals surface area (Å²) < 4.78 is 13.5. The third kappa shape index (κ3) is 4.11. The highest BCUT2D eigenvalue weighted by Crippen LogP contribution is 2.09. The van der Waals surface area contributed by atoms with E-state index in [1.807, 2.05) is 19.9 Å². The maximum absolute atomic E-state index is 13.5. The predicted molar refractivity (Wildman–Crippen MR) is 70.9 cm³/mol. The molecule has 1 amide bonds. The SMILES string of the molecule is CC(Cc1ccccc1F)NC(C)C(=O)N(C)C. The summed E-state index contributed by atoms with van der Waals surface area (Å²) in [6, 6.07) is 6.50. The summed E-state index contributed by atoms with van der Waals surface area (Å²) in [4.78, 5) is 13.2. The summed E-state index contributed by atoms with van der Waals surface area (Å²) in [5.41, 5.74) is 0.669. The second-order valence-electron chi connectivity index (χ2n) is 4.82. The van der Waals surface area contributed by atoms with Gasteiger partial charge in [0, 0.05) is 20.1 Å². The van der Waals surface area contributed by atoms with Gasteiger partial charge in [0.25, 0.3) is 0 Å². The van der Waals surface area contributed by atoms with Gasteiger partial charge in [-0.2, -0.15) is 0 Å². The Hall–Kier alpha value is -1.42. The number of halogens is 1. The molecule has 0 aliphatic carbocycles. The molecule has 2 unspecified atom stereocenters. The van der Waals surface area contributed by atoms with E-state index in [0.29, 0.717) is 12.0 Å². The van der Waals surface area contributed by atoms with Gasteiger partial charge >= 0.3 is 0 Å². The quantitative estimate of drug-likeness (QED) is 0.867. The molecule has 1 aromatic rings. The van der Waals surface area contributed by atoms with Crippen LogP contribution in [0.25, 0.3) is 0 Å². The highest BCUT2D eigenvalue weighted by Gasteiger charge is 2.17. The first kappa shape index (κ1) is 14.6. The minimum atomic E-state index is -0.262. The molecule has 0 heterocycles. The highest BCUT2D eigenvalue weighted by atomic mass is 19.1. The first-order valence-electron chi connectivity index (χ1n) is 6.12. The highest BCUT2D eigenvalue weighted by molar-refractivity contribution is 5.80. The summed E-state index contributed by atoms with van der Waals surface area (Å²) in [5.74, 6) is -0.173. The second kappa shape index (κ2) is 6.50. The van der Waals surface area contributed by atoms with Crippen LogP contribution in [0.2, 0.25) is 0 Å².